The average Bonchev–Trinajstić information content (AvgIpc) is 3.08. The van der Waals surface area contributed by atoms with E-state index in [4.69, 9.17) is 4.74 Å². The summed E-state index contributed by atoms with van der Waals surface area (Å²) in [4.78, 5) is 2.43. The molecule has 0 aromatic heterocycles. The van der Waals surface area contributed by atoms with Crippen LogP contribution in [0.2, 0.25) is 0 Å². The summed E-state index contributed by atoms with van der Waals surface area (Å²) in [5.74, 6) is 1.84. The van der Waals surface area contributed by atoms with Crippen LogP contribution in [0.4, 0.5) is 17.1 Å². The standard InChI is InChI=1S/C40H26BNO/c1-3-13-28(14-4-1)32-18-9-20-34-38(32)41-39-33(29-15-5-2-6-16-29)19-10-22-36(39)43-37-23-11-21-35(40(37)41)42(34)31-25-24-27-12-7-8-17-30(27)26-31/h1-26H. The predicted molar refractivity (Wildman–Crippen MR) is 181 cm³/mol. The van der Waals surface area contributed by atoms with Crippen LogP contribution in [-0.4, -0.2) is 6.71 Å². The Morgan fingerprint density at radius 2 is 0.977 bits per heavy atom. The second kappa shape index (κ2) is 9.50. The van der Waals surface area contributed by atoms with Crippen molar-refractivity contribution in [1.29, 1.82) is 0 Å². The summed E-state index contributed by atoms with van der Waals surface area (Å²) >= 11 is 0. The topological polar surface area (TPSA) is 12.5 Å². The monoisotopic (exact) mass is 547 g/mol. The molecule has 3 heteroatoms. The van der Waals surface area contributed by atoms with Crippen LogP contribution >= 0.6 is 0 Å². The molecule has 0 bridgehead atoms. The van der Waals surface area contributed by atoms with E-state index in [0.717, 1.165) is 22.9 Å². The molecule has 0 fully saturated rings. The van der Waals surface area contributed by atoms with Gasteiger partial charge in [-0.25, -0.2) is 0 Å². The minimum Gasteiger partial charge on any atom is -0.458 e. The fourth-order valence-corrected chi connectivity index (χ4v) is 7.10. The maximum atomic E-state index is 6.77. The van der Waals surface area contributed by atoms with Crippen LogP contribution in [0.25, 0.3) is 33.0 Å². The molecular formula is C40H26BNO. The summed E-state index contributed by atoms with van der Waals surface area (Å²) in [6.07, 6.45) is 0. The highest BCUT2D eigenvalue weighted by atomic mass is 16.5. The van der Waals surface area contributed by atoms with Gasteiger partial charge in [0.2, 0.25) is 0 Å². The van der Waals surface area contributed by atoms with Crippen molar-refractivity contribution in [2.24, 2.45) is 0 Å². The summed E-state index contributed by atoms with van der Waals surface area (Å²) in [6.45, 7) is -0.00512. The van der Waals surface area contributed by atoms with Gasteiger partial charge in [-0.05, 0) is 85.8 Å². The molecule has 0 N–H and O–H groups in total. The highest BCUT2D eigenvalue weighted by molar-refractivity contribution is 7.00. The summed E-state index contributed by atoms with van der Waals surface area (Å²) in [6, 6.07) is 56.6. The first-order chi connectivity index (χ1) is 21.3. The minimum atomic E-state index is -0.00512. The molecule has 0 amide bonds. The number of fused-ring (bicyclic) bond motifs is 5. The molecule has 7 aromatic carbocycles. The lowest BCUT2D eigenvalue weighted by atomic mass is 9.32. The van der Waals surface area contributed by atoms with E-state index >= 15 is 0 Å². The molecule has 200 valence electrons. The van der Waals surface area contributed by atoms with Crippen molar-refractivity contribution in [3.8, 4) is 33.8 Å². The van der Waals surface area contributed by atoms with E-state index in [2.05, 4.69) is 163 Å². The lowest BCUT2D eigenvalue weighted by Crippen LogP contribution is -2.60. The van der Waals surface area contributed by atoms with Crippen molar-refractivity contribution in [2.75, 3.05) is 4.90 Å². The number of ether oxygens (including phenoxy) is 1. The lowest BCUT2D eigenvalue weighted by Gasteiger charge is -2.41. The molecule has 0 atom stereocenters. The van der Waals surface area contributed by atoms with E-state index in [1.165, 1.54) is 55.1 Å². The fraction of sp³-hybridized carbons (Fsp3) is 0. The first kappa shape index (κ1) is 24.1. The van der Waals surface area contributed by atoms with Gasteiger partial charge in [0, 0.05) is 17.1 Å². The molecule has 0 radical (unpaired) electrons. The first-order valence-corrected chi connectivity index (χ1v) is 14.8. The van der Waals surface area contributed by atoms with Crippen LogP contribution in [0.5, 0.6) is 11.5 Å². The Labute approximate surface area is 251 Å². The zero-order valence-corrected chi connectivity index (χ0v) is 23.4. The van der Waals surface area contributed by atoms with E-state index in [1.807, 2.05) is 0 Å². The smallest absolute Gasteiger partial charge is 0.258 e. The fourth-order valence-electron chi connectivity index (χ4n) is 7.10. The van der Waals surface area contributed by atoms with Crippen LogP contribution in [0.3, 0.4) is 0 Å². The molecule has 0 aliphatic carbocycles. The van der Waals surface area contributed by atoms with Gasteiger partial charge < -0.3 is 9.64 Å². The maximum absolute atomic E-state index is 6.77. The third-order valence-corrected chi connectivity index (χ3v) is 8.92. The summed E-state index contributed by atoms with van der Waals surface area (Å²) in [5.41, 5.74) is 12.1. The van der Waals surface area contributed by atoms with Crippen molar-refractivity contribution in [3.05, 3.63) is 158 Å². The number of hydrogen-bond acceptors (Lipinski definition) is 2. The minimum absolute atomic E-state index is 0.00512. The summed E-state index contributed by atoms with van der Waals surface area (Å²) in [5, 5.41) is 2.46. The van der Waals surface area contributed by atoms with E-state index in [0.29, 0.717) is 0 Å². The average molecular weight is 547 g/mol. The Morgan fingerprint density at radius 3 is 1.70 bits per heavy atom. The number of benzene rings is 7. The normalized spacial score (nSPS) is 12.7. The van der Waals surface area contributed by atoms with Gasteiger partial charge in [0.25, 0.3) is 6.71 Å². The van der Waals surface area contributed by atoms with Gasteiger partial charge in [-0.2, -0.15) is 0 Å². The van der Waals surface area contributed by atoms with E-state index in [-0.39, 0.29) is 6.71 Å². The summed E-state index contributed by atoms with van der Waals surface area (Å²) < 4.78 is 6.77. The van der Waals surface area contributed by atoms with Gasteiger partial charge in [0.15, 0.2) is 0 Å². The van der Waals surface area contributed by atoms with Crippen molar-refractivity contribution in [2.45, 2.75) is 0 Å². The SMILES string of the molecule is c1ccc(-c2cccc3c2B2c4c(cccc4N(c4ccc5ccccc5c4)c4cccc(-c5ccccc5)c42)O3)cc1. The predicted octanol–water partition coefficient (Wildman–Crippen LogP) is 8.58. The molecule has 2 nitrogen and oxygen atoms in total. The highest BCUT2D eigenvalue weighted by Crippen LogP contribution is 2.43. The Hall–Kier alpha value is -5.54. The molecular weight excluding hydrogens is 521 g/mol. The second-order valence-corrected chi connectivity index (χ2v) is 11.3. The molecule has 43 heavy (non-hydrogen) atoms. The van der Waals surface area contributed by atoms with E-state index in [9.17, 15) is 0 Å². The van der Waals surface area contributed by atoms with Crippen molar-refractivity contribution in [3.63, 3.8) is 0 Å². The molecule has 2 aliphatic heterocycles. The highest BCUT2D eigenvalue weighted by Gasteiger charge is 2.44. The lowest BCUT2D eigenvalue weighted by molar-refractivity contribution is 0.487. The molecule has 9 rings (SSSR count). The van der Waals surface area contributed by atoms with Crippen LogP contribution in [0, 0.1) is 0 Å². The van der Waals surface area contributed by atoms with Crippen LogP contribution in [-0.2, 0) is 0 Å². The Morgan fingerprint density at radius 1 is 0.419 bits per heavy atom. The first-order valence-electron chi connectivity index (χ1n) is 14.8. The van der Waals surface area contributed by atoms with Crippen LogP contribution in [0.1, 0.15) is 0 Å². The van der Waals surface area contributed by atoms with Gasteiger partial charge in [0.1, 0.15) is 11.5 Å². The Bertz CT molecular complexity index is 2170. The van der Waals surface area contributed by atoms with Crippen molar-refractivity contribution < 1.29 is 4.74 Å². The van der Waals surface area contributed by atoms with E-state index < -0.39 is 0 Å². The zero-order valence-electron chi connectivity index (χ0n) is 23.4. The number of nitrogens with zero attached hydrogens (tertiary/aromatic N) is 1. The molecule has 0 unspecified atom stereocenters. The zero-order chi connectivity index (χ0) is 28.3. The molecule has 7 aromatic rings. The molecule has 0 saturated heterocycles. The largest absolute Gasteiger partial charge is 0.458 e. The number of anilines is 3. The maximum Gasteiger partial charge on any atom is 0.258 e. The number of hydrogen-bond donors (Lipinski definition) is 0. The molecule has 2 aliphatic rings. The second-order valence-electron chi connectivity index (χ2n) is 11.3. The van der Waals surface area contributed by atoms with Gasteiger partial charge in [-0.3, -0.25) is 0 Å². The third-order valence-electron chi connectivity index (χ3n) is 8.92. The van der Waals surface area contributed by atoms with Gasteiger partial charge in [-0.15, -0.1) is 0 Å². The summed E-state index contributed by atoms with van der Waals surface area (Å²) in [7, 11) is 0. The quantitative estimate of drug-likeness (QED) is 0.206. The Balaban J connectivity index is 1.39. The van der Waals surface area contributed by atoms with Gasteiger partial charge in [0.05, 0.1) is 0 Å². The van der Waals surface area contributed by atoms with Crippen LogP contribution in [0.15, 0.2) is 158 Å². The van der Waals surface area contributed by atoms with Crippen molar-refractivity contribution in [1.82, 2.24) is 0 Å². The third kappa shape index (κ3) is 3.68. The molecule has 0 spiro atoms. The van der Waals surface area contributed by atoms with Crippen molar-refractivity contribution >= 4 is 50.9 Å². The van der Waals surface area contributed by atoms with Crippen LogP contribution < -0.4 is 26.0 Å². The van der Waals surface area contributed by atoms with Gasteiger partial charge in [-0.1, -0.05) is 121 Å². The Kier molecular flexibility index (Phi) is 5.33. The molecule has 2 heterocycles. The molecule has 0 saturated carbocycles. The van der Waals surface area contributed by atoms with Gasteiger partial charge >= 0.3 is 0 Å². The number of rotatable bonds is 3. The van der Waals surface area contributed by atoms with E-state index in [1.54, 1.807) is 0 Å².